The number of amides is 2. The first-order valence-corrected chi connectivity index (χ1v) is 6.74. The minimum atomic E-state index is -0.632. The van der Waals surface area contributed by atoms with Crippen LogP contribution in [0.5, 0.6) is 0 Å². The number of hydrogen-bond acceptors (Lipinski definition) is 2. The summed E-state index contributed by atoms with van der Waals surface area (Å²) in [5, 5.41) is 2.82. The Balaban J connectivity index is 0.00000176. The highest BCUT2D eigenvalue weighted by Gasteiger charge is 2.29. The van der Waals surface area contributed by atoms with Gasteiger partial charge in [0, 0.05) is 7.05 Å². The number of benzene rings is 1. The largest absolute Gasteiger partial charge is 0.412 e. The van der Waals surface area contributed by atoms with Crippen LogP contribution in [0, 0.1) is 6.42 Å². The van der Waals surface area contributed by atoms with Gasteiger partial charge in [0.2, 0.25) is 5.91 Å². The predicted molar refractivity (Wildman–Crippen MR) is 85.2 cm³/mol. The van der Waals surface area contributed by atoms with E-state index in [9.17, 15) is 9.59 Å². The Labute approximate surface area is 128 Å². The second-order valence-corrected chi connectivity index (χ2v) is 4.97. The first-order chi connectivity index (χ1) is 10.2. The van der Waals surface area contributed by atoms with E-state index < -0.39 is 6.04 Å². The van der Waals surface area contributed by atoms with Gasteiger partial charge in [-0.3, -0.25) is 9.59 Å². The molecule has 0 fully saturated rings. The summed E-state index contributed by atoms with van der Waals surface area (Å²) in [5.74, 6) is -0.374. The zero-order valence-corrected chi connectivity index (χ0v) is 12.1. The second-order valence-electron chi connectivity index (χ2n) is 4.97. The van der Waals surface area contributed by atoms with Crippen LogP contribution in [0.25, 0.3) is 0 Å². The Morgan fingerprint density at radius 2 is 2.00 bits per heavy atom. The van der Waals surface area contributed by atoms with Crippen molar-refractivity contribution in [1.82, 2.24) is 4.90 Å². The maximum atomic E-state index is 12.5. The van der Waals surface area contributed by atoms with E-state index in [1.54, 1.807) is 37.4 Å². The molecule has 1 aliphatic carbocycles. The van der Waals surface area contributed by atoms with Crippen molar-refractivity contribution in [2.45, 2.75) is 6.04 Å². The molecule has 0 radical (unpaired) electrons. The zero-order chi connectivity index (χ0) is 14.8. The Hall–Kier alpha value is -2.79. The average Bonchev–Trinajstić information content (AvgIpc) is 2.60. The van der Waals surface area contributed by atoms with Crippen molar-refractivity contribution in [3.05, 3.63) is 72.2 Å². The van der Waals surface area contributed by atoms with E-state index in [1.165, 1.54) is 4.90 Å². The van der Waals surface area contributed by atoms with Gasteiger partial charge >= 0.3 is 0 Å². The van der Waals surface area contributed by atoms with Gasteiger partial charge < -0.3 is 15.7 Å². The van der Waals surface area contributed by atoms with Crippen LogP contribution in [0.4, 0.5) is 5.69 Å². The number of carbonyl (C=O) groups is 2. The van der Waals surface area contributed by atoms with Crippen LogP contribution in [-0.2, 0) is 4.79 Å². The number of rotatable bonds is 1. The molecule has 0 aromatic heterocycles. The standard InChI is InChI=1S/C17H15N2O2.H2O/c1-19-15(11-12-7-3-2-4-8-12)16(20)18-14-10-6-5-9-13(14)17(19)21;/h2-11,15H,1H3,(H,18,20);1H2/q-1;. The molecular weight excluding hydrogens is 280 g/mol. The molecule has 2 aliphatic rings. The highest BCUT2D eigenvalue weighted by Crippen LogP contribution is 2.23. The first kappa shape index (κ1) is 15.6. The summed E-state index contributed by atoms with van der Waals surface area (Å²) in [6.07, 6.45) is 11.3. The van der Waals surface area contributed by atoms with Crippen molar-refractivity contribution in [1.29, 1.82) is 0 Å². The number of fused-ring (bicyclic) bond motifs is 1. The summed E-state index contributed by atoms with van der Waals surface area (Å²) in [6.45, 7) is 0. The highest BCUT2D eigenvalue weighted by molar-refractivity contribution is 6.10. The van der Waals surface area contributed by atoms with E-state index in [2.05, 4.69) is 5.32 Å². The van der Waals surface area contributed by atoms with E-state index in [0.29, 0.717) is 11.3 Å². The number of carbonyl (C=O) groups excluding carboxylic acids is 2. The molecule has 1 aliphatic heterocycles. The molecule has 1 aromatic rings. The van der Waals surface area contributed by atoms with Gasteiger partial charge in [-0.05, 0) is 12.1 Å². The molecular formula is C17H17N2O3-. The minimum Gasteiger partial charge on any atom is -0.412 e. The van der Waals surface area contributed by atoms with Crippen LogP contribution in [0.15, 0.2) is 60.2 Å². The molecule has 1 atom stereocenters. The molecule has 0 bridgehead atoms. The van der Waals surface area contributed by atoms with Gasteiger partial charge in [-0.25, -0.2) is 0 Å². The van der Waals surface area contributed by atoms with Crippen LogP contribution in [0.3, 0.4) is 0 Å². The van der Waals surface area contributed by atoms with Crippen molar-refractivity contribution in [3.63, 3.8) is 0 Å². The molecule has 0 saturated carbocycles. The highest BCUT2D eigenvalue weighted by atomic mass is 16.2. The van der Waals surface area contributed by atoms with E-state index >= 15 is 0 Å². The maximum absolute atomic E-state index is 12.5. The van der Waals surface area contributed by atoms with Crippen LogP contribution >= 0.6 is 0 Å². The molecule has 1 heterocycles. The Kier molecular flexibility index (Phi) is 4.48. The fourth-order valence-electron chi connectivity index (χ4n) is 2.41. The van der Waals surface area contributed by atoms with Crippen LogP contribution in [-0.4, -0.2) is 35.3 Å². The summed E-state index contributed by atoms with van der Waals surface area (Å²) in [5.41, 5.74) is 1.98. The zero-order valence-electron chi connectivity index (χ0n) is 12.1. The third-order valence-electron chi connectivity index (χ3n) is 3.57. The Morgan fingerprint density at radius 1 is 1.23 bits per heavy atom. The number of nitrogens with zero attached hydrogens (tertiary/aromatic N) is 1. The molecule has 0 spiro atoms. The summed E-state index contributed by atoms with van der Waals surface area (Å²) in [4.78, 5) is 26.4. The number of hydrogen-bond donors (Lipinski definition) is 1. The molecule has 5 heteroatoms. The lowest BCUT2D eigenvalue weighted by molar-refractivity contribution is -0.118. The van der Waals surface area contributed by atoms with E-state index in [1.807, 2.05) is 30.7 Å². The van der Waals surface area contributed by atoms with Crippen LogP contribution in [0.1, 0.15) is 10.4 Å². The Bertz CT molecular complexity index is 689. The van der Waals surface area contributed by atoms with Crippen LogP contribution < -0.4 is 5.32 Å². The smallest absolute Gasteiger partial charge is 0.255 e. The number of nitrogens with one attached hydrogen (secondary N) is 1. The van der Waals surface area contributed by atoms with Crippen molar-refractivity contribution >= 4 is 17.5 Å². The number of anilines is 1. The molecule has 2 amide bonds. The van der Waals surface area contributed by atoms with Gasteiger partial charge in [-0.2, -0.15) is 5.57 Å². The SMILES string of the molecule is CN1C(=O)c2ccccc2NC(=O)C1/C=C1/C=CC=C[CH-]1.O. The topological polar surface area (TPSA) is 80.9 Å². The maximum Gasteiger partial charge on any atom is 0.255 e. The van der Waals surface area contributed by atoms with Crippen molar-refractivity contribution in [2.75, 3.05) is 12.4 Å². The van der Waals surface area contributed by atoms with Gasteiger partial charge in [-0.1, -0.05) is 12.1 Å². The molecule has 5 nitrogen and oxygen atoms in total. The third-order valence-corrected chi connectivity index (χ3v) is 3.57. The molecule has 1 unspecified atom stereocenters. The van der Waals surface area contributed by atoms with Crippen molar-refractivity contribution in [3.8, 4) is 0 Å². The van der Waals surface area contributed by atoms with Crippen LogP contribution in [0.2, 0.25) is 0 Å². The van der Waals surface area contributed by atoms with Gasteiger partial charge in [0.05, 0.1) is 17.3 Å². The van der Waals surface area contributed by atoms with E-state index in [-0.39, 0.29) is 17.3 Å². The normalized spacial score (nSPS) is 21.6. The number of para-hydroxylation sites is 1. The Morgan fingerprint density at radius 3 is 2.73 bits per heavy atom. The summed E-state index contributed by atoms with van der Waals surface area (Å²) in [6, 6.07) is 6.42. The second kappa shape index (κ2) is 6.32. The van der Waals surface area contributed by atoms with Gasteiger partial charge in [0.25, 0.3) is 5.91 Å². The van der Waals surface area contributed by atoms with E-state index in [0.717, 1.165) is 5.57 Å². The lowest BCUT2D eigenvalue weighted by atomic mass is 10.0. The molecule has 1 aromatic carbocycles. The minimum absolute atomic E-state index is 0. The van der Waals surface area contributed by atoms with Crippen molar-refractivity contribution in [2.24, 2.45) is 0 Å². The first-order valence-electron chi connectivity index (χ1n) is 6.74. The van der Waals surface area contributed by atoms with Gasteiger partial charge in [-0.15, -0.1) is 36.8 Å². The summed E-state index contributed by atoms with van der Waals surface area (Å²) < 4.78 is 0. The number of allylic oxidation sites excluding steroid dienone is 5. The summed E-state index contributed by atoms with van der Waals surface area (Å²) >= 11 is 0. The van der Waals surface area contributed by atoms with Crippen molar-refractivity contribution < 1.29 is 15.1 Å². The third kappa shape index (κ3) is 2.80. The molecule has 22 heavy (non-hydrogen) atoms. The average molecular weight is 297 g/mol. The van der Waals surface area contributed by atoms with Gasteiger partial charge in [0.1, 0.15) is 0 Å². The fraction of sp³-hybridized carbons (Fsp3) is 0.118. The molecule has 114 valence electrons. The fourth-order valence-corrected chi connectivity index (χ4v) is 2.41. The molecule has 0 saturated heterocycles. The predicted octanol–water partition coefficient (Wildman–Crippen LogP) is 1.51. The van der Waals surface area contributed by atoms with E-state index in [4.69, 9.17) is 0 Å². The molecule has 3 rings (SSSR count). The monoisotopic (exact) mass is 297 g/mol. The molecule has 3 N–H and O–H groups in total. The summed E-state index contributed by atoms with van der Waals surface area (Å²) in [7, 11) is 1.65. The number of likely N-dealkylation sites (N-methyl/N-ethyl adjacent to an activating group) is 1. The lowest BCUT2D eigenvalue weighted by Crippen LogP contribution is -2.41. The van der Waals surface area contributed by atoms with Gasteiger partial charge in [0.15, 0.2) is 0 Å². The quantitative estimate of drug-likeness (QED) is 0.797. The lowest BCUT2D eigenvalue weighted by Gasteiger charge is -2.25.